The predicted octanol–water partition coefficient (Wildman–Crippen LogP) is -0.283. The van der Waals surface area contributed by atoms with Crippen LogP contribution < -0.4 is 5.32 Å². The Hall–Kier alpha value is -3.92. The molecule has 0 aliphatic carbocycles. The molecule has 3 amide bonds. The Kier molecular flexibility index (Phi) is 14.8. The molecule has 0 aliphatic heterocycles. The van der Waals surface area contributed by atoms with Crippen molar-refractivity contribution < 1.29 is 23.9 Å². The van der Waals surface area contributed by atoms with E-state index in [9.17, 15) is 19.2 Å². The van der Waals surface area contributed by atoms with E-state index in [4.69, 9.17) is 30.4 Å². The quantitative estimate of drug-likeness (QED) is 0.208. The second kappa shape index (κ2) is 16.7. The lowest BCUT2D eigenvalue weighted by Crippen LogP contribution is -2.45. The van der Waals surface area contributed by atoms with Crippen LogP contribution in [0.3, 0.4) is 0 Å². The maximum Gasteiger partial charge on any atom is 0.308 e. The van der Waals surface area contributed by atoms with E-state index in [1.54, 1.807) is 20.8 Å². The van der Waals surface area contributed by atoms with Crippen molar-refractivity contribution in [3.63, 3.8) is 0 Å². The van der Waals surface area contributed by atoms with Crippen LogP contribution in [-0.4, -0.2) is 96.3 Å². The molecule has 0 aromatic carbocycles. The number of ether oxygens (including phenoxy) is 1. The van der Waals surface area contributed by atoms with Gasteiger partial charge >= 0.3 is 5.97 Å². The maximum absolute atomic E-state index is 12.8. The number of rotatable bonds is 14. The van der Waals surface area contributed by atoms with Crippen molar-refractivity contribution in [3.8, 4) is 49.4 Å². The first-order valence-electron chi connectivity index (χ1n) is 11.0. The third kappa shape index (κ3) is 14.1. The van der Waals surface area contributed by atoms with E-state index in [0.29, 0.717) is 0 Å². The lowest BCUT2D eigenvalue weighted by Gasteiger charge is -2.27. The first-order chi connectivity index (χ1) is 16.5. The number of nitrogens with zero attached hydrogens (tertiary/aromatic N) is 3. The molecule has 0 saturated heterocycles. The van der Waals surface area contributed by atoms with Crippen LogP contribution in [0.1, 0.15) is 33.6 Å². The van der Waals surface area contributed by atoms with Crippen molar-refractivity contribution in [1.82, 2.24) is 20.0 Å². The van der Waals surface area contributed by atoms with Gasteiger partial charge in [-0.25, -0.2) is 0 Å². The van der Waals surface area contributed by atoms with E-state index in [1.165, 1.54) is 14.7 Å². The second-order valence-corrected chi connectivity index (χ2v) is 8.39. The summed E-state index contributed by atoms with van der Waals surface area (Å²) in [4.78, 5) is 53.7. The first-order valence-corrected chi connectivity index (χ1v) is 11.0. The third-order valence-electron chi connectivity index (χ3n) is 4.34. The fourth-order valence-corrected chi connectivity index (χ4v) is 2.77. The van der Waals surface area contributed by atoms with Gasteiger partial charge in [0.05, 0.1) is 39.1 Å². The smallest absolute Gasteiger partial charge is 0.308 e. The average Bonchev–Trinajstić information content (AvgIpc) is 2.77. The average molecular weight is 483 g/mol. The van der Waals surface area contributed by atoms with Crippen molar-refractivity contribution in [1.29, 1.82) is 0 Å². The van der Waals surface area contributed by atoms with E-state index in [1.807, 2.05) is 0 Å². The minimum absolute atomic E-state index is 0.0124. The number of amides is 3. The van der Waals surface area contributed by atoms with Crippen LogP contribution in [0.15, 0.2) is 0 Å². The molecule has 0 radical (unpaired) electrons. The summed E-state index contributed by atoms with van der Waals surface area (Å²) in [6.45, 7) is 5.01. The second-order valence-electron chi connectivity index (χ2n) is 8.39. The van der Waals surface area contributed by atoms with Crippen LogP contribution in [-0.2, 0) is 23.9 Å². The molecule has 0 fully saturated rings. The topological polar surface area (TPSA) is 99.3 Å². The zero-order chi connectivity index (χ0) is 26.9. The zero-order valence-corrected chi connectivity index (χ0v) is 20.8. The highest BCUT2D eigenvalue weighted by atomic mass is 16.6. The van der Waals surface area contributed by atoms with E-state index in [2.05, 4.69) is 29.0 Å². The Balaban J connectivity index is 5.11. The molecule has 0 unspecified atom stereocenters. The monoisotopic (exact) mass is 482 g/mol. The summed E-state index contributed by atoms with van der Waals surface area (Å²) in [6.07, 6.45) is 21.1. The van der Waals surface area contributed by atoms with Crippen LogP contribution in [0.4, 0.5) is 0 Å². The van der Waals surface area contributed by atoms with Gasteiger partial charge in [0.2, 0.25) is 17.7 Å². The van der Waals surface area contributed by atoms with Crippen molar-refractivity contribution in [2.45, 2.75) is 39.2 Å². The van der Waals surface area contributed by atoms with Gasteiger partial charge in [-0.15, -0.1) is 25.7 Å². The molecule has 0 rings (SSSR count). The minimum atomic E-state index is -0.653. The predicted molar refractivity (Wildman–Crippen MR) is 133 cm³/mol. The van der Waals surface area contributed by atoms with Gasteiger partial charge in [-0.1, -0.05) is 23.7 Å². The van der Waals surface area contributed by atoms with Crippen molar-refractivity contribution in [3.05, 3.63) is 0 Å². The summed E-state index contributed by atoms with van der Waals surface area (Å²) < 4.78 is 5.25. The Morgan fingerprint density at radius 2 is 1.26 bits per heavy atom. The summed E-state index contributed by atoms with van der Waals surface area (Å²) in [5.74, 6) is 7.77. The molecule has 9 heteroatoms. The normalized spacial score (nSPS) is 10.0. The highest BCUT2D eigenvalue weighted by Gasteiger charge is 2.23. The zero-order valence-electron chi connectivity index (χ0n) is 20.8. The summed E-state index contributed by atoms with van der Waals surface area (Å²) in [5, 5.41) is 2.77. The number of hydrogen-bond acceptors (Lipinski definition) is 6. The van der Waals surface area contributed by atoms with E-state index in [0.717, 1.165) is 0 Å². The molecule has 0 bridgehead atoms. The van der Waals surface area contributed by atoms with Crippen LogP contribution in [0.5, 0.6) is 0 Å². The Morgan fingerprint density at radius 1 is 0.743 bits per heavy atom. The highest BCUT2D eigenvalue weighted by Crippen LogP contribution is 2.09. The molecule has 0 aromatic rings. The number of hydrogen-bond donors (Lipinski definition) is 1. The Bertz CT molecular complexity index is 908. The summed E-state index contributed by atoms with van der Waals surface area (Å²) in [6, 6.07) is 0. The SMILES string of the molecule is C#CCNCC(=O)N(CC#C)CCC(=O)N(CC#C)CC(=O)N(CC#C)CCC(=O)OC(C)(C)C. The van der Waals surface area contributed by atoms with E-state index < -0.39 is 23.4 Å². The van der Waals surface area contributed by atoms with Crippen molar-refractivity contribution >= 4 is 23.7 Å². The van der Waals surface area contributed by atoms with Crippen molar-refractivity contribution in [2.75, 3.05) is 52.4 Å². The van der Waals surface area contributed by atoms with Crippen LogP contribution >= 0.6 is 0 Å². The molecule has 188 valence electrons. The summed E-state index contributed by atoms with van der Waals surface area (Å²) in [5.41, 5.74) is -0.653. The Morgan fingerprint density at radius 3 is 1.77 bits per heavy atom. The van der Waals surface area contributed by atoms with Crippen LogP contribution in [0, 0.1) is 49.4 Å². The lowest BCUT2D eigenvalue weighted by molar-refractivity contribution is -0.155. The van der Waals surface area contributed by atoms with Gasteiger partial charge in [-0.05, 0) is 20.8 Å². The number of carbonyl (C=O) groups is 4. The van der Waals surface area contributed by atoms with Crippen LogP contribution in [0.2, 0.25) is 0 Å². The molecular formula is C26H34N4O5. The largest absolute Gasteiger partial charge is 0.460 e. The van der Waals surface area contributed by atoms with Gasteiger partial charge < -0.3 is 19.4 Å². The van der Waals surface area contributed by atoms with Crippen LogP contribution in [0.25, 0.3) is 0 Å². The molecule has 0 atom stereocenters. The number of nitrogens with one attached hydrogen (secondary N) is 1. The molecule has 1 N–H and O–H groups in total. The summed E-state index contributed by atoms with van der Waals surface area (Å²) in [7, 11) is 0. The fourth-order valence-electron chi connectivity index (χ4n) is 2.77. The van der Waals surface area contributed by atoms with Gasteiger partial charge in [0, 0.05) is 19.5 Å². The van der Waals surface area contributed by atoms with Crippen molar-refractivity contribution in [2.24, 2.45) is 0 Å². The third-order valence-corrected chi connectivity index (χ3v) is 4.34. The summed E-state index contributed by atoms with van der Waals surface area (Å²) >= 11 is 0. The molecule has 0 aliphatic rings. The first kappa shape index (κ1) is 31.1. The highest BCUT2D eigenvalue weighted by molar-refractivity contribution is 5.86. The number of terminal acetylenes is 4. The number of carbonyl (C=O) groups excluding carboxylic acids is 4. The number of esters is 1. The van der Waals surface area contributed by atoms with Gasteiger partial charge in [0.25, 0.3) is 0 Å². The fraction of sp³-hybridized carbons (Fsp3) is 0.538. The minimum Gasteiger partial charge on any atom is -0.460 e. The molecule has 0 aromatic heterocycles. The lowest BCUT2D eigenvalue weighted by atomic mass is 10.2. The van der Waals surface area contributed by atoms with Gasteiger partial charge in [-0.2, -0.15) is 0 Å². The molecule has 35 heavy (non-hydrogen) atoms. The Labute approximate surface area is 208 Å². The maximum atomic E-state index is 12.8. The molecular weight excluding hydrogens is 448 g/mol. The molecule has 0 saturated carbocycles. The molecule has 0 heterocycles. The van der Waals surface area contributed by atoms with E-state index >= 15 is 0 Å². The van der Waals surface area contributed by atoms with Gasteiger partial charge in [0.15, 0.2) is 0 Å². The molecule has 0 spiro atoms. The van der Waals surface area contributed by atoms with E-state index in [-0.39, 0.29) is 71.1 Å². The standard InChI is InChI=1S/C26H34N4O5/c1-8-14-27-20-23(32)28(15-9-2)18-12-22(31)30(17-11-4)21-24(33)29(16-10-3)19-13-25(34)35-26(5,6)7/h1-4,27H,12-21H2,5-7H3. The molecule has 9 nitrogen and oxygen atoms in total. The van der Waals surface area contributed by atoms with Gasteiger partial charge in [-0.3, -0.25) is 24.5 Å². The van der Waals surface area contributed by atoms with Gasteiger partial charge in [0.1, 0.15) is 12.1 Å².